The fourth-order valence-electron chi connectivity index (χ4n) is 5.05. The fraction of sp³-hybridized carbons (Fsp3) is 0.481. The number of aliphatic hydroxyl groups excluding tert-OH is 1. The van der Waals surface area contributed by atoms with Crippen molar-refractivity contribution in [3.63, 3.8) is 0 Å². The molecule has 2 aliphatic heterocycles. The molecule has 2 fully saturated rings. The van der Waals surface area contributed by atoms with Gasteiger partial charge in [0.05, 0.1) is 44.1 Å². The quantitative estimate of drug-likeness (QED) is 0.105. The zero-order valence-electron chi connectivity index (χ0n) is 23.5. The van der Waals surface area contributed by atoms with E-state index >= 15 is 0 Å². The second-order valence-electron chi connectivity index (χ2n) is 9.72. The van der Waals surface area contributed by atoms with Gasteiger partial charge in [-0.25, -0.2) is 14.6 Å². The van der Waals surface area contributed by atoms with Gasteiger partial charge in [0, 0.05) is 25.9 Å². The summed E-state index contributed by atoms with van der Waals surface area (Å²) in [7, 11) is 1.73. The monoisotopic (exact) mass is 602 g/mol. The Morgan fingerprint density at radius 2 is 1.95 bits per heavy atom. The number of allylic oxidation sites excluding steroid dienone is 1. The molecule has 0 aromatic carbocycles. The number of imidazole rings is 1. The first-order chi connectivity index (χ1) is 20.9. The Labute approximate surface area is 244 Å². The molecule has 2 saturated heterocycles. The highest BCUT2D eigenvalue weighted by atomic mass is 16.8. The van der Waals surface area contributed by atoms with Crippen molar-refractivity contribution < 1.29 is 38.3 Å². The Morgan fingerprint density at radius 1 is 1.19 bits per heavy atom. The zero-order chi connectivity index (χ0) is 30.5. The zero-order valence-corrected chi connectivity index (χ0v) is 23.5. The number of nitrogen functional groups attached to an aromatic ring is 1. The van der Waals surface area contributed by atoms with Gasteiger partial charge in [0.2, 0.25) is 0 Å². The summed E-state index contributed by atoms with van der Waals surface area (Å²) in [5.74, 6) is 0.217. The van der Waals surface area contributed by atoms with Crippen LogP contribution in [0.4, 0.5) is 11.6 Å². The van der Waals surface area contributed by atoms with Gasteiger partial charge < -0.3 is 49.6 Å². The van der Waals surface area contributed by atoms with Crippen LogP contribution < -0.4 is 22.3 Å². The van der Waals surface area contributed by atoms with Crippen molar-refractivity contribution in [2.24, 2.45) is 0 Å². The molecule has 43 heavy (non-hydrogen) atoms. The van der Waals surface area contributed by atoms with Crippen molar-refractivity contribution in [1.29, 1.82) is 0 Å². The molecule has 0 amide bonds. The Hall–Kier alpha value is -4.06. The Morgan fingerprint density at radius 3 is 2.67 bits per heavy atom. The Bertz CT molecular complexity index is 1550. The molecule has 16 heteroatoms. The molecule has 0 saturated carbocycles. The molecule has 5 N–H and O–H groups in total. The number of carbonyl (C=O) groups excluding carboxylic acids is 1. The van der Waals surface area contributed by atoms with E-state index in [1.165, 1.54) is 27.5 Å². The Balaban J connectivity index is 1.12. The third kappa shape index (κ3) is 6.34. The van der Waals surface area contributed by atoms with Crippen molar-refractivity contribution in [2.45, 2.75) is 37.4 Å². The largest absolute Gasteiger partial charge is 0.460 e. The molecular weight excluding hydrogens is 568 g/mol. The van der Waals surface area contributed by atoms with Gasteiger partial charge in [-0.3, -0.25) is 13.9 Å². The number of nitrogens with two attached hydrogens (primary N) is 1. The van der Waals surface area contributed by atoms with Crippen molar-refractivity contribution in [3.8, 4) is 0 Å². The number of H-pyrrole nitrogens is 1. The van der Waals surface area contributed by atoms with Crippen LogP contribution in [0.1, 0.15) is 16.6 Å². The third-order valence-corrected chi connectivity index (χ3v) is 6.97. The molecule has 5 heterocycles. The summed E-state index contributed by atoms with van der Waals surface area (Å²) in [5, 5.41) is 12.8. The molecule has 232 valence electrons. The highest BCUT2D eigenvalue weighted by Crippen LogP contribution is 2.40. The molecule has 1 unspecified atom stereocenters. The van der Waals surface area contributed by atoms with E-state index in [0.717, 1.165) is 0 Å². The first kappa shape index (κ1) is 30.4. The van der Waals surface area contributed by atoms with Gasteiger partial charge in [-0.15, -0.1) is 6.58 Å². The minimum atomic E-state index is -1.00. The van der Waals surface area contributed by atoms with Gasteiger partial charge in [0.15, 0.2) is 12.5 Å². The summed E-state index contributed by atoms with van der Waals surface area (Å²) in [6, 6.07) is 4.76. The van der Waals surface area contributed by atoms with Crippen LogP contribution in [0.2, 0.25) is 0 Å². The van der Waals surface area contributed by atoms with E-state index < -0.39 is 48.0 Å². The van der Waals surface area contributed by atoms with Crippen LogP contribution in [0.3, 0.4) is 0 Å². The SMILES string of the molecule is C=CCn1c(=O)n([C@@H]2O[C@H](CO)[C@H]3OC(COCCOCCOC(=O)c4ccc(NC)nc4)O[C@H]32)c2cc(N)[nH]c(=O)c21. The normalized spacial score (nSPS) is 23.0. The molecule has 0 radical (unpaired) electrons. The van der Waals surface area contributed by atoms with Crippen molar-refractivity contribution in [2.75, 3.05) is 57.7 Å². The van der Waals surface area contributed by atoms with E-state index in [-0.39, 0.29) is 63.0 Å². The van der Waals surface area contributed by atoms with Crippen LogP contribution >= 0.6 is 0 Å². The molecule has 3 aromatic heterocycles. The van der Waals surface area contributed by atoms with Crippen LogP contribution in [-0.2, 0) is 35.0 Å². The number of hydrogen-bond acceptors (Lipinski definition) is 13. The molecule has 2 aliphatic rings. The van der Waals surface area contributed by atoms with Crippen molar-refractivity contribution in [1.82, 2.24) is 19.1 Å². The molecule has 0 aliphatic carbocycles. The number of nitrogens with one attached hydrogen (secondary N) is 2. The Kier molecular flexibility index (Phi) is 9.54. The van der Waals surface area contributed by atoms with Crippen molar-refractivity contribution >= 4 is 28.6 Å². The van der Waals surface area contributed by atoms with E-state index in [9.17, 15) is 19.5 Å². The lowest BCUT2D eigenvalue weighted by molar-refractivity contribution is -0.172. The second-order valence-corrected chi connectivity index (χ2v) is 9.72. The highest BCUT2D eigenvalue weighted by Gasteiger charge is 2.54. The highest BCUT2D eigenvalue weighted by molar-refractivity contribution is 5.89. The van der Waals surface area contributed by atoms with Gasteiger partial charge in [-0.1, -0.05) is 6.08 Å². The number of pyridine rings is 2. The minimum Gasteiger partial charge on any atom is -0.460 e. The lowest BCUT2D eigenvalue weighted by Gasteiger charge is -2.20. The van der Waals surface area contributed by atoms with Gasteiger partial charge in [0.1, 0.15) is 42.1 Å². The predicted octanol–water partition coefficient (Wildman–Crippen LogP) is -0.414. The van der Waals surface area contributed by atoms with Gasteiger partial charge >= 0.3 is 11.7 Å². The molecule has 5 rings (SSSR count). The number of aliphatic hydroxyl groups is 1. The maximum Gasteiger partial charge on any atom is 0.339 e. The third-order valence-electron chi connectivity index (χ3n) is 6.97. The molecule has 3 aromatic rings. The number of ether oxygens (including phenoxy) is 6. The van der Waals surface area contributed by atoms with E-state index in [0.29, 0.717) is 11.4 Å². The number of nitrogens with zero attached hydrogens (tertiary/aromatic N) is 3. The van der Waals surface area contributed by atoms with Crippen LogP contribution in [0.15, 0.2) is 46.6 Å². The van der Waals surface area contributed by atoms with E-state index in [1.54, 1.807) is 19.2 Å². The van der Waals surface area contributed by atoms with Gasteiger partial charge in [-0.2, -0.15) is 0 Å². The smallest absolute Gasteiger partial charge is 0.339 e. The molecule has 0 spiro atoms. The van der Waals surface area contributed by atoms with Crippen molar-refractivity contribution in [3.05, 3.63) is 63.5 Å². The minimum absolute atomic E-state index is 0.0472. The summed E-state index contributed by atoms with van der Waals surface area (Å²) in [5.41, 5.74) is 5.52. The second kappa shape index (κ2) is 13.5. The fourth-order valence-corrected chi connectivity index (χ4v) is 5.05. The van der Waals surface area contributed by atoms with E-state index in [2.05, 4.69) is 21.9 Å². The lowest BCUT2D eigenvalue weighted by atomic mass is 10.1. The predicted molar refractivity (Wildman–Crippen MR) is 152 cm³/mol. The number of fused-ring (bicyclic) bond motifs is 2. The van der Waals surface area contributed by atoms with Crippen LogP contribution in [0, 0.1) is 0 Å². The summed E-state index contributed by atoms with van der Waals surface area (Å²) in [4.78, 5) is 44.7. The summed E-state index contributed by atoms with van der Waals surface area (Å²) in [6.07, 6.45) is -1.13. The maximum atomic E-state index is 13.4. The first-order valence-corrected chi connectivity index (χ1v) is 13.6. The summed E-state index contributed by atoms with van der Waals surface area (Å²) >= 11 is 0. The van der Waals surface area contributed by atoms with E-state index in [1.807, 2.05) is 0 Å². The van der Waals surface area contributed by atoms with Gasteiger partial charge in [0.25, 0.3) is 5.56 Å². The number of anilines is 2. The number of hydrogen-bond donors (Lipinski definition) is 4. The molecule has 16 nitrogen and oxygen atoms in total. The summed E-state index contributed by atoms with van der Waals surface area (Å²) in [6.45, 7) is 4.10. The molecule has 5 atom stereocenters. The average molecular weight is 603 g/mol. The number of rotatable bonds is 14. The number of aromatic nitrogens is 4. The van der Waals surface area contributed by atoms with Crippen LogP contribution in [-0.4, -0.2) is 101 Å². The standard InChI is InChI=1S/C27H34N6O10/c1-3-6-32-21-16(11-18(28)31-24(21)35)33(27(32)37)25-23-22(17(13-34)41-25)42-20(43-23)14-39-8-7-38-9-10-40-26(36)15-4-5-19(29-2)30-12-15/h3-5,11-12,17,20,22-23,25,34H,1,6-10,13-14H2,2H3,(H,29,30)(H3,28,31,35)/t17-,20?,22-,23-,25-/m1/s1. The lowest BCUT2D eigenvalue weighted by Crippen LogP contribution is -2.34. The first-order valence-electron chi connectivity index (χ1n) is 13.6. The molecular formula is C27H34N6O10. The number of esters is 1. The average Bonchev–Trinajstić information content (AvgIpc) is 3.64. The maximum absolute atomic E-state index is 13.4. The summed E-state index contributed by atoms with van der Waals surface area (Å²) < 4.78 is 36.8. The van der Waals surface area contributed by atoms with Crippen LogP contribution in [0.5, 0.6) is 0 Å². The van der Waals surface area contributed by atoms with Crippen LogP contribution in [0.25, 0.3) is 11.0 Å². The number of carbonyl (C=O) groups is 1. The topological polar surface area (TPSA) is 203 Å². The molecule has 0 bridgehead atoms. The van der Waals surface area contributed by atoms with Gasteiger partial charge in [-0.05, 0) is 12.1 Å². The van der Waals surface area contributed by atoms with E-state index in [4.69, 9.17) is 34.2 Å². The number of aromatic amines is 1.